The zero-order chi connectivity index (χ0) is 8.97. The minimum atomic E-state index is 0.311. The molecular weight excluding hydrogens is 148 g/mol. The molecule has 0 aliphatic carbocycles. The Morgan fingerprint density at radius 1 is 1.17 bits per heavy atom. The van der Waals surface area contributed by atoms with Crippen LogP contribution in [0.1, 0.15) is 25.0 Å². The second kappa shape index (κ2) is 4.27. The van der Waals surface area contributed by atoms with Crippen molar-refractivity contribution in [1.29, 1.82) is 0 Å². The molecule has 66 valence electrons. The van der Waals surface area contributed by atoms with Gasteiger partial charge in [0.25, 0.3) is 0 Å². The van der Waals surface area contributed by atoms with E-state index in [1.165, 1.54) is 11.1 Å². The Morgan fingerprint density at radius 2 is 1.75 bits per heavy atom. The Morgan fingerprint density at radius 3 is 2.25 bits per heavy atom. The first kappa shape index (κ1) is 9.27. The van der Waals surface area contributed by atoms with Gasteiger partial charge in [-0.15, -0.1) is 0 Å². The highest BCUT2D eigenvalue weighted by atomic mass is 16.5. The average molecular weight is 164 g/mol. The van der Waals surface area contributed by atoms with Gasteiger partial charge in [0, 0.05) is 0 Å². The van der Waals surface area contributed by atoms with E-state index in [0.29, 0.717) is 6.10 Å². The van der Waals surface area contributed by atoms with Crippen molar-refractivity contribution < 1.29 is 4.74 Å². The average Bonchev–Trinajstić information content (AvgIpc) is 2.03. The largest absolute Gasteiger partial charge is 0.374 e. The van der Waals surface area contributed by atoms with Crippen LogP contribution in [-0.2, 0) is 11.3 Å². The van der Waals surface area contributed by atoms with Crippen molar-refractivity contribution >= 4 is 0 Å². The quantitative estimate of drug-likeness (QED) is 0.667. The molecule has 0 N–H and O–H groups in total. The maximum atomic E-state index is 5.47. The Bertz CT molecular complexity index is 223. The highest BCUT2D eigenvalue weighted by Crippen LogP contribution is 2.05. The van der Waals surface area contributed by atoms with E-state index < -0.39 is 0 Å². The second-order valence-electron chi connectivity index (χ2n) is 3.35. The number of hydrogen-bond donors (Lipinski definition) is 0. The first-order valence-corrected chi connectivity index (χ1v) is 4.35. The zero-order valence-electron chi connectivity index (χ0n) is 8.00. The van der Waals surface area contributed by atoms with Crippen molar-refractivity contribution in [2.75, 3.05) is 0 Å². The predicted molar refractivity (Wildman–Crippen MR) is 51.1 cm³/mol. The van der Waals surface area contributed by atoms with Gasteiger partial charge in [-0.3, -0.25) is 0 Å². The summed E-state index contributed by atoms with van der Waals surface area (Å²) in [6.07, 6.45) is 0.311. The number of hydrogen-bond acceptors (Lipinski definition) is 1. The van der Waals surface area contributed by atoms with E-state index in [1.54, 1.807) is 0 Å². The fourth-order valence-electron chi connectivity index (χ4n) is 0.947. The summed E-state index contributed by atoms with van der Waals surface area (Å²) in [5.74, 6) is 0. The highest BCUT2D eigenvalue weighted by molar-refractivity contribution is 5.20. The molecule has 1 nitrogen and oxygen atoms in total. The predicted octanol–water partition coefficient (Wildman–Crippen LogP) is 2.92. The second-order valence-corrected chi connectivity index (χ2v) is 3.35. The van der Waals surface area contributed by atoms with Crippen molar-refractivity contribution in [3.8, 4) is 0 Å². The molecule has 0 unspecified atom stereocenters. The van der Waals surface area contributed by atoms with Crippen LogP contribution in [0.3, 0.4) is 0 Å². The first-order valence-electron chi connectivity index (χ1n) is 4.35. The minimum Gasteiger partial charge on any atom is -0.374 e. The summed E-state index contributed by atoms with van der Waals surface area (Å²) in [6, 6.07) is 8.44. The Hall–Kier alpha value is -0.820. The van der Waals surface area contributed by atoms with Crippen molar-refractivity contribution in [3.63, 3.8) is 0 Å². The van der Waals surface area contributed by atoms with Gasteiger partial charge in [0.15, 0.2) is 0 Å². The van der Waals surface area contributed by atoms with Crippen LogP contribution >= 0.6 is 0 Å². The molecule has 1 aromatic carbocycles. The molecule has 1 aromatic rings. The van der Waals surface area contributed by atoms with E-state index in [-0.39, 0.29) is 0 Å². The Labute approximate surface area is 74.4 Å². The van der Waals surface area contributed by atoms with Crippen LogP contribution in [0.5, 0.6) is 0 Å². The Kier molecular flexibility index (Phi) is 3.30. The van der Waals surface area contributed by atoms with Crippen molar-refractivity contribution in [1.82, 2.24) is 0 Å². The fourth-order valence-corrected chi connectivity index (χ4v) is 0.947. The molecule has 1 heteroatoms. The van der Waals surface area contributed by atoms with Crippen LogP contribution in [0.4, 0.5) is 0 Å². The molecule has 1 rings (SSSR count). The summed E-state index contributed by atoms with van der Waals surface area (Å²) in [5, 5.41) is 0. The van der Waals surface area contributed by atoms with E-state index in [1.807, 2.05) is 13.8 Å². The monoisotopic (exact) mass is 164 g/mol. The van der Waals surface area contributed by atoms with Gasteiger partial charge < -0.3 is 4.74 Å². The number of benzene rings is 1. The van der Waals surface area contributed by atoms with E-state index in [2.05, 4.69) is 31.2 Å². The molecule has 0 fully saturated rings. The number of rotatable bonds is 3. The summed E-state index contributed by atoms with van der Waals surface area (Å²) in [5.41, 5.74) is 2.54. The molecule has 0 spiro atoms. The third-order valence-electron chi connectivity index (χ3n) is 1.70. The third kappa shape index (κ3) is 3.05. The van der Waals surface area contributed by atoms with Crippen molar-refractivity contribution in [2.24, 2.45) is 0 Å². The molecule has 0 aromatic heterocycles. The lowest BCUT2D eigenvalue weighted by Crippen LogP contribution is -2.01. The maximum Gasteiger partial charge on any atom is 0.0720 e. The van der Waals surface area contributed by atoms with Crippen molar-refractivity contribution in [2.45, 2.75) is 33.5 Å². The van der Waals surface area contributed by atoms with E-state index in [0.717, 1.165) is 6.61 Å². The van der Waals surface area contributed by atoms with Gasteiger partial charge in [-0.1, -0.05) is 29.8 Å². The molecule has 0 bridgehead atoms. The van der Waals surface area contributed by atoms with E-state index >= 15 is 0 Å². The highest BCUT2D eigenvalue weighted by Gasteiger charge is 1.94. The van der Waals surface area contributed by atoms with Gasteiger partial charge in [-0.05, 0) is 26.3 Å². The third-order valence-corrected chi connectivity index (χ3v) is 1.70. The first-order chi connectivity index (χ1) is 5.68. The minimum absolute atomic E-state index is 0.311. The summed E-state index contributed by atoms with van der Waals surface area (Å²) in [4.78, 5) is 0. The van der Waals surface area contributed by atoms with Gasteiger partial charge in [0.1, 0.15) is 0 Å². The van der Waals surface area contributed by atoms with Crippen molar-refractivity contribution in [3.05, 3.63) is 35.4 Å². The van der Waals surface area contributed by atoms with E-state index in [4.69, 9.17) is 4.74 Å². The van der Waals surface area contributed by atoms with Crippen LogP contribution in [0, 0.1) is 6.92 Å². The molecule has 0 heterocycles. The van der Waals surface area contributed by atoms with Crippen LogP contribution in [0.15, 0.2) is 24.3 Å². The van der Waals surface area contributed by atoms with E-state index in [9.17, 15) is 0 Å². The fraction of sp³-hybridized carbons (Fsp3) is 0.455. The number of aryl methyl sites for hydroxylation is 1. The molecule has 0 saturated heterocycles. The Balaban J connectivity index is 2.48. The molecule has 0 saturated carbocycles. The summed E-state index contributed by atoms with van der Waals surface area (Å²) >= 11 is 0. The molecule has 12 heavy (non-hydrogen) atoms. The number of ether oxygens (including phenoxy) is 1. The summed E-state index contributed by atoms with van der Waals surface area (Å²) in [7, 11) is 0. The van der Waals surface area contributed by atoms with Gasteiger partial charge in [-0.25, -0.2) is 0 Å². The van der Waals surface area contributed by atoms with Gasteiger partial charge in [0.05, 0.1) is 12.7 Å². The van der Waals surface area contributed by atoms with Gasteiger partial charge >= 0.3 is 0 Å². The summed E-state index contributed by atoms with van der Waals surface area (Å²) in [6.45, 7) is 6.91. The molecule has 0 amide bonds. The topological polar surface area (TPSA) is 9.23 Å². The van der Waals surface area contributed by atoms with Crippen LogP contribution in [0.25, 0.3) is 0 Å². The SMILES string of the molecule is Cc1ccc(COC(C)C)cc1. The van der Waals surface area contributed by atoms with Crippen LogP contribution in [0.2, 0.25) is 0 Å². The lowest BCUT2D eigenvalue weighted by molar-refractivity contribution is 0.0657. The maximum absolute atomic E-state index is 5.47. The lowest BCUT2D eigenvalue weighted by atomic mass is 10.2. The molecule has 0 atom stereocenters. The summed E-state index contributed by atoms with van der Waals surface area (Å²) < 4.78 is 5.47. The lowest BCUT2D eigenvalue weighted by Gasteiger charge is -2.07. The molecular formula is C11H16O. The molecule has 0 aliphatic rings. The smallest absolute Gasteiger partial charge is 0.0720 e. The normalized spacial score (nSPS) is 10.7. The molecule has 0 aliphatic heterocycles. The zero-order valence-corrected chi connectivity index (χ0v) is 8.00. The molecule has 0 radical (unpaired) electrons. The van der Waals surface area contributed by atoms with Crippen LogP contribution < -0.4 is 0 Å². The van der Waals surface area contributed by atoms with Gasteiger partial charge in [-0.2, -0.15) is 0 Å². The standard InChI is InChI=1S/C11H16O/c1-9(2)12-8-11-6-4-10(3)5-7-11/h4-7,9H,8H2,1-3H3. The van der Waals surface area contributed by atoms with Crippen LogP contribution in [-0.4, -0.2) is 6.10 Å². The van der Waals surface area contributed by atoms with Gasteiger partial charge in [0.2, 0.25) is 0 Å².